The van der Waals surface area contributed by atoms with E-state index in [2.05, 4.69) is 17.2 Å². The van der Waals surface area contributed by atoms with Gasteiger partial charge in [0.1, 0.15) is 23.9 Å². The maximum absolute atomic E-state index is 13.2. The van der Waals surface area contributed by atoms with Crippen LogP contribution in [0.1, 0.15) is 23.6 Å². The average molecular weight is 569 g/mol. The fraction of sp³-hybridized carbons (Fsp3) is 0.206. The van der Waals surface area contributed by atoms with Gasteiger partial charge >= 0.3 is 6.09 Å². The topological polar surface area (TPSA) is 91.3 Å². The zero-order chi connectivity index (χ0) is 29.7. The summed E-state index contributed by atoms with van der Waals surface area (Å²) in [5.74, 6) is 7.57. The lowest BCUT2D eigenvalue weighted by Crippen LogP contribution is -2.36. The monoisotopic (exact) mass is 568 g/mol. The van der Waals surface area contributed by atoms with E-state index in [1.165, 1.54) is 17.0 Å². The number of nitrogens with zero attached hydrogens (tertiary/aromatic N) is 1. The number of aliphatic hydroxyl groups excluding tert-OH is 1. The summed E-state index contributed by atoms with van der Waals surface area (Å²) in [6.45, 7) is 2.59. The third-order valence-corrected chi connectivity index (χ3v) is 6.22. The first-order valence-electron chi connectivity index (χ1n) is 13.6. The fourth-order valence-corrected chi connectivity index (χ4v) is 4.09. The molecule has 0 radical (unpaired) electrons. The van der Waals surface area contributed by atoms with E-state index in [0.717, 1.165) is 11.1 Å². The summed E-state index contributed by atoms with van der Waals surface area (Å²) in [5, 5.41) is 22.4. The highest BCUT2D eigenvalue weighted by Crippen LogP contribution is 2.32. The summed E-state index contributed by atoms with van der Waals surface area (Å²) in [4.78, 5) is 12.8. The molecule has 1 atom stereocenters. The highest BCUT2D eigenvalue weighted by Gasteiger charge is 2.15. The van der Waals surface area contributed by atoms with E-state index in [1.807, 2.05) is 72.8 Å². The molecule has 0 heterocycles. The summed E-state index contributed by atoms with van der Waals surface area (Å²) in [7, 11) is 0. The zero-order valence-electron chi connectivity index (χ0n) is 23.3. The van der Waals surface area contributed by atoms with Crippen molar-refractivity contribution in [1.29, 1.82) is 0 Å². The molecule has 216 valence electrons. The number of anilines is 1. The molecule has 3 N–H and O–H groups in total. The number of hydrogen-bond acceptors (Lipinski definition) is 5. The van der Waals surface area contributed by atoms with Gasteiger partial charge in [0.05, 0.1) is 18.3 Å². The summed E-state index contributed by atoms with van der Waals surface area (Å²) in [5.41, 5.74) is 3.35. The lowest BCUT2D eigenvalue weighted by Gasteiger charge is -2.21. The first kappa shape index (κ1) is 30.0. The number of carboxylic acid groups (broad SMARTS) is 1. The molecule has 0 fully saturated rings. The van der Waals surface area contributed by atoms with Crippen LogP contribution in [-0.4, -0.2) is 46.9 Å². The van der Waals surface area contributed by atoms with Crippen molar-refractivity contribution in [1.82, 2.24) is 4.90 Å². The summed E-state index contributed by atoms with van der Waals surface area (Å²) in [6.07, 6.45) is -1.41. The summed E-state index contributed by atoms with van der Waals surface area (Å²) in [6, 6.07) is 28.8. The SMILES string of the molecule is C[C@H](O)CN(CCc1ccc(NCC#Cc2ccc(F)cc2)c(Oc2ccc(OCc3ccccc3)cc2)c1)C(=O)O. The van der Waals surface area contributed by atoms with E-state index in [0.29, 0.717) is 48.1 Å². The van der Waals surface area contributed by atoms with Crippen LogP contribution < -0.4 is 14.8 Å². The molecular weight excluding hydrogens is 535 g/mol. The minimum absolute atomic E-state index is 0.0315. The molecule has 8 heteroatoms. The lowest BCUT2D eigenvalue weighted by atomic mass is 10.1. The molecule has 4 aromatic rings. The highest BCUT2D eigenvalue weighted by molar-refractivity contribution is 5.65. The van der Waals surface area contributed by atoms with E-state index in [4.69, 9.17) is 9.47 Å². The molecule has 0 aliphatic heterocycles. The Morgan fingerprint density at radius 1 is 0.952 bits per heavy atom. The van der Waals surface area contributed by atoms with Gasteiger partial charge in [-0.15, -0.1) is 0 Å². The van der Waals surface area contributed by atoms with Crippen molar-refractivity contribution >= 4 is 11.8 Å². The number of nitrogens with one attached hydrogen (secondary N) is 1. The highest BCUT2D eigenvalue weighted by atomic mass is 19.1. The molecule has 7 nitrogen and oxygen atoms in total. The van der Waals surface area contributed by atoms with E-state index in [-0.39, 0.29) is 18.9 Å². The first-order valence-corrected chi connectivity index (χ1v) is 13.6. The maximum Gasteiger partial charge on any atom is 0.407 e. The Labute approximate surface area is 245 Å². The van der Waals surface area contributed by atoms with Gasteiger partial charge in [-0.1, -0.05) is 48.2 Å². The van der Waals surface area contributed by atoms with E-state index in [9.17, 15) is 19.4 Å². The quantitative estimate of drug-likeness (QED) is 0.168. The van der Waals surface area contributed by atoms with E-state index in [1.54, 1.807) is 19.1 Å². The van der Waals surface area contributed by atoms with Gasteiger partial charge in [0.15, 0.2) is 5.75 Å². The van der Waals surface area contributed by atoms with Crippen LogP contribution >= 0.6 is 0 Å². The van der Waals surface area contributed by atoms with Gasteiger partial charge in [-0.2, -0.15) is 0 Å². The molecule has 1 amide bonds. The van der Waals surface area contributed by atoms with Gasteiger partial charge in [0, 0.05) is 18.7 Å². The first-order chi connectivity index (χ1) is 20.4. The summed E-state index contributed by atoms with van der Waals surface area (Å²) < 4.78 is 25.3. The van der Waals surface area contributed by atoms with Crippen LogP contribution in [0, 0.1) is 17.7 Å². The van der Waals surface area contributed by atoms with Crippen LogP contribution in [0.25, 0.3) is 0 Å². The summed E-state index contributed by atoms with van der Waals surface area (Å²) >= 11 is 0. The molecule has 0 aliphatic rings. The van der Waals surface area contributed by atoms with Crippen LogP contribution in [0.5, 0.6) is 17.2 Å². The Morgan fingerprint density at radius 2 is 1.67 bits per heavy atom. The Kier molecular flexibility index (Phi) is 10.8. The van der Waals surface area contributed by atoms with Gasteiger partial charge in [0.25, 0.3) is 0 Å². The number of halogens is 1. The van der Waals surface area contributed by atoms with Gasteiger partial charge in [-0.3, -0.25) is 0 Å². The second-order valence-electron chi connectivity index (χ2n) is 9.67. The molecule has 0 aliphatic carbocycles. The number of amides is 1. The lowest BCUT2D eigenvalue weighted by molar-refractivity contribution is 0.105. The number of hydrogen-bond donors (Lipinski definition) is 3. The van der Waals surface area contributed by atoms with Crippen molar-refractivity contribution in [3.63, 3.8) is 0 Å². The third kappa shape index (κ3) is 9.58. The van der Waals surface area contributed by atoms with Crippen LogP contribution in [-0.2, 0) is 13.0 Å². The van der Waals surface area contributed by atoms with Gasteiger partial charge in [0.2, 0.25) is 0 Å². The number of aliphatic hydroxyl groups is 1. The van der Waals surface area contributed by atoms with Crippen LogP contribution in [0.4, 0.5) is 14.9 Å². The average Bonchev–Trinajstić information content (AvgIpc) is 2.99. The van der Waals surface area contributed by atoms with Gasteiger partial charge in [-0.05, 0) is 85.1 Å². The van der Waals surface area contributed by atoms with Crippen molar-refractivity contribution in [2.24, 2.45) is 0 Å². The molecule has 0 spiro atoms. The van der Waals surface area contributed by atoms with Gasteiger partial charge < -0.3 is 29.9 Å². The largest absolute Gasteiger partial charge is 0.489 e. The van der Waals surface area contributed by atoms with E-state index >= 15 is 0 Å². The predicted octanol–water partition coefficient (Wildman–Crippen LogP) is 6.56. The number of benzene rings is 4. The van der Waals surface area contributed by atoms with Crippen molar-refractivity contribution in [2.75, 3.05) is 25.0 Å². The molecule has 0 aromatic heterocycles. The maximum atomic E-state index is 13.2. The molecule has 42 heavy (non-hydrogen) atoms. The minimum atomic E-state index is -1.08. The van der Waals surface area contributed by atoms with Crippen LogP contribution in [0.3, 0.4) is 0 Å². The predicted molar refractivity (Wildman–Crippen MR) is 160 cm³/mol. The smallest absolute Gasteiger partial charge is 0.407 e. The third-order valence-electron chi connectivity index (χ3n) is 6.22. The fourth-order valence-electron chi connectivity index (χ4n) is 4.09. The molecule has 0 unspecified atom stereocenters. The normalized spacial score (nSPS) is 11.1. The Balaban J connectivity index is 1.46. The van der Waals surface area contributed by atoms with Crippen LogP contribution in [0.15, 0.2) is 97.1 Å². The number of ether oxygens (including phenoxy) is 2. The Hall–Kier alpha value is -5.00. The molecular formula is C34H33FN2O5. The molecule has 4 aromatic carbocycles. The van der Waals surface area contributed by atoms with Crippen molar-refractivity contribution in [3.8, 4) is 29.1 Å². The second-order valence-corrected chi connectivity index (χ2v) is 9.67. The van der Waals surface area contributed by atoms with Crippen molar-refractivity contribution < 1.29 is 28.9 Å². The molecule has 0 saturated heterocycles. The Morgan fingerprint density at radius 3 is 2.36 bits per heavy atom. The minimum Gasteiger partial charge on any atom is -0.489 e. The zero-order valence-corrected chi connectivity index (χ0v) is 23.3. The van der Waals surface area contributed by atoms with Crippen molar-refractivity contribution in [2.45, 2.75) is 26.1 Å². The second kappa shape index (κ2) is 15.1. The van der Waals surface area contributed by atoms with Crippen molar-refractivity contribution in [3.05, 3.63) is 120 Å². The van der Waals surface area contributed by atoms with Crippen LogP contribution in [0.2, 0.25) is 0 Å². The van der Waals surface area contributed by atoms with E-state index < -0.39 is 12.2 Å². The standard InChI is InChI=1S/C34H33FN2O5/c1-25(38)23-37(34(39)40)21-19-27-11-18-32(36-20-5-8-26-9-12-29(35)13-10-26)33(22-27)42-31-16-14-30(15-17-31)41-24-28-6-3-2-4-7-28/h2-4,6-7,9-18,22,25,36,38H,19-21,23-24H2,1H3,(H,39,40)/t25-/m0/s1. The Bertz CT molecular complexity index is 1500. The molecule has 4 rings (SSSR count). The molecule has 0 saturated carbocycles. The number of rotatable bonds is 12. The van der Waals surface area contributed by atoms with Gasteiger partial charge in [-0.25, -0.2) is 9.18 Å². The number of carbonyl (C=O) groups is 1. The molecule has 0 bridgehead atoms.